The second-order valence-electron chi connectivity index (χ2n) is 6.39. The minimum atomic E-state index is -0.230. The Balaban J connectivity index is 1.72. The van der Waals surface area contributed by atoms with E-state index in [4.69, 9.17) is 16.9 Å². The Morgan fingerprint density at radius 2 is 2.07 bits per heavy atom. The molecule has 2 aromatic carbocycles. The van der Waals surface area contributed by atoms with Gasteiger partial charge in [0, 0.05) is 17.3 Å². The molecule has 3 aromatic rings. The van der Waals surface area contributed by atoms with E-state index in [0.29, 0.717) is 28.6 Å². The lowest BCUT2D eigenvalue weighted by Gasteiger charge is -2.24. The van der Waals surface area contributed by atoms with Crippen LogP contribution in [0.25, 0.3) is 0 Å². The lowest BCUT2D eigenvalue weighted by Crippen LogP contribution is -2.36. The van der Waals surface area contributed by atoms with Crippen LogP contribution >= 0.6 is 11.6 Å². The number of carbonyl (C=O) groups is 1. The molecule has 0 atom stereocenters. The Kier molecular flexibility index (Phi) is 6.85. The Morgan fingerprint density at radius 3 is 2.76 bits per heavy atom. The maximum Gasteiger partial charge on any atom is 0.243 e. The van der Waals surface area contributed by atoms with Crippen molar-refractivity contribution in [2.75, 3.05) is 29.9 Å². The molecule has 7 nitrogen and oxygen atoms in total. The van der Waals surface area contributed by atoms with Crippen molar-refractivity contribution < 1.29 is 9.90 Å². The van der Waals surface area contributed by atoms with Gasteiger partial charge in [-0.1, -0.05) is 29.8 Å². The van der Waals surface area contributed by atoms with Crippen molar-refractivity contribution in [3.8, 4) is 6.07 Å². The zero-order valence-corrected chi connectivity index (χ0v) is 16.4. The van der Waals surface area contributed by atoms with E-state index in [-0.39, 0.29) is 25.6 Å². The van der Waals surface area contributed by atoms with E-state index >= 15 is 0 Å². The second kappa shape index (κ2) is 9.73. The average molecular weight is 410 g/mol. The van der Waals surface area contributed by atoms with Gasteiger partial charge in [-0.15, -0.1) is 0 Å². The molecule has 0 saturated carbocycles. The molecule has 0 spiro atoms. The fourth-order valence-corrected chi connectivity index (χ4v) is 3.11. The summed E-state index contributed by atoms with van der Waals surface area (Å²) in [6.45, 7) is 0.750. The summed E-state index contributed by atoms with van der Waals surface area (Å²) in [6, 6.07) is 16.3. The first-order valence-electron chi connectivity index (χ1n) is 8.99. The van der Waals surface area contributed by atoms with Gasteiger partial charge in [-0.3, -0.25) is 4.79 Å². The fraction of sp³-hybridized carbons (Fsp3) is 0.190. The maximum atomic E-state index is 12.5. The summed E-state index contributed by atoms with van der Waals surface area (Å²) < 4.78 is 1.89. The summed E-state index contributed by atoms with van der Waals surface area (Å²) in [6.07, 6.45) is 3.33. The number of aliphatic hydroxyl groups is 1. The molecule has 0 aliphatic carbocycles. The van der Waals surface area contributed by atoms with Crippen LogP contribution in [-0.4, -0.2) is 40.3 Å². The molecule has 148 valence electrons. The molecule has 1 heterocycles. The van der Waals surface area contributed by atoms with Gasteiger partial charge in [0.25, 0.3) is 0 Å². The van der Waals surface area contributed by atoms with Gasteiger partial charge in [0.2, 0.25) is 5.91 Å². The number of anilines is 2. The van der Waals surface area contributed by atoms with Crippen LogP contribution in [0, 0.1) is 11.3 Å². The van der Waals surface area contributed by atoms with E-state index in [1.165, 1.54) is 0 Å². The normalized spacial score (nSPS) is 10.4. The van der Waals surface area contributed by atoms with Crippen LogP contribution < -0.4 is 10.2 Å². The number of halogens is 1. The van der Waals surface area contributed by atoms with Crippen molar-refractivity contribution in [1.29, 1.82) is 5.26 Å². The number of carbonyl (C=O) groups excluding carboxylic acids is 1. The number of hydrogen-bond acceptors (Lipinski definition) is 5. The number of benzene rings is 2. The number of hydrogen-bond donors (Lipinski definition) is 2. The third-order valence-electron chi connectivity index (χ3n) is 4.26. The van der Waals surface area contributed by atoms with Gasteiger partial charge < -0.3 is 19.9 Å². The van der Waals surface area contributed by atoms with Crippen LogP contribution in [0.15, 0.2) is 61.1 Å². The van der Waals surface area contributed by atoms with Crippen LogP contribution in [0.5, 0.6) is 0 Å². The van der Waals surface area contributed by atoms with E-state index in [1.807, 2.05) is 16.7 Å². The topological polar surface area (TPSA) is 94.2 Å². The van der Waals surface area contributed by atoms with Gasteiger partial charge in [0.15, 0.2) is 0 Å². The molecule has 8 heteroatoms. The Labute approximate surface area is 173 Å². The zero-order chi connectivity index (χ0) is 20.6. The van der Waals surface area contributed by atoms with Crippen molar-refractivity contribution in [3.63, 3.8) is 0 Å². The van der Waals surface area contributed by atoms with Crippen LogP contribution in [0.1, 0.15) is 11.1 Å². The molecule has 0 fully saturated rings. The van der Waals surface area contributed by atoms with E-state index in [1.54, 1.807) is 53.8 Å². The molecule has 0 aliphatic heterocycles. The van der Waals surface area contributed by atoms with Crippen LogP contribution in [0.3, 0.4) is 0 Å². The smallest absolute Gasteiger partial charge is 0.243 e. The molecular weight excluding hydrogens is 390 g/mol. The standard InChI is InChI=1S/C21H20ClN5O2/c22-18-2-1-3-19(10-18)25-20(29)14-26(8-9-28)21-12-24-15-27(21)13-17-6-4-16(11-23)5-7-17/h1-7,10,12,15,28H,8-9,13-14H2,(H,25,29). The molecular formula is C21H20ClN5O2. The molecule has 29 heavy (non-hydrogen) atoms. The van der Waals surface area contributed by atoms with Crippen molar-refractivity contribution in [2.24, 2.45) is 0 Å². The number of rotatable bonds is 8. The third kappa shape index (κ3) is 5.57. The zero-order valence-electron chi connectivity index (χ0n) is 15.6. The van der Waals surface area contributed by atoms with Crippen LogP contribution in [0.2, 0.25) is 5.02 Å². The minimum absolute atomic E-state index is 0.0478. The molecule has 2 N–H and O–H groups in total. The summed E-state index contributed by atoms with van der Waals surface area (Å²) >= 11 is 5.96. The molecule has 3 rings (SSSR count). The number of imidazole rings is 1. The number of nitrogens with one attached hydrogen (secondary N) is 1. The fourth-order valence-electron chi connectivity index (χ4n) is 2.92. The van der Waals surface area contributed by atoms with Gasteiger partial charge in [-0.2, -0.15) is 5.26 Å². The molecule has 0 radical (unpaired) electrons. The summed E-state index contributed by atoms with van der Waals surface area (Å²) in [7, 11) is 0. The Morgan fingerprint density at radius 1 is 1.28 bits per heavy atom. The van der Waals surface area contributed by atoms with E-state index in [9.17, 15) is 9.90 Å². The first kappa shape index (κ1) is 20.4. The average Bonchev–Trinajstić information content (AvgIpc) is 3.16. The highest BCUT2D eigenvalue weighted by Crippen LogP contribution is 2.18. The van der Waals surface area contributed by atoms with Gasteiger partial charge in [0.1, 0.15) is 5.82 Å². The lowest BCUT2D eigenvalue weighted by atomic mass is 10.1. The first-order valence-corrected chi connectivity index (χ1v) is 9.37. The largest absolute Gasteiger partial charge is 0.395 e. The number of nitriles is 1. The van der Waals surface area contributed by atoms with Gasteiger partial charge in [0.05, 0.1) is 43.9 Å². The summed E-state index contributed by atoms with van der Waals surface area (Å²) in [5, 5.41) is 21.7. The maximum absolute atomic E-state index is 12.5. The number of aliphatic hydroxyl groups excluding tert-OH is 1. The van der Waals surface area contributed by atoms with Crippen molar-refractivity contribution in [2.45, 2.75) is 6.54 Å². The minimum Gasteiger partial charge on any atom is -0.395 e. The Hall–Kier alpha value is -3.34. The summed E-state index contributed by atoms with van der Waals surface area (Å²) in [4.78, 5) is 18.5. The third-order valence-corrected chi connectivity index (χ3v) is 4.50. The molecule has 0 aliphatic rings. The quantitative estimate of drug-likeness (QED) is 0.596. The highest BCUT2D eigenvalue weighted by Gasteiger charge is 2.16. The van der Waals surface area contributed by atoms with Gasteiger partial charge >= 0.3 is 0 Å². The van der Waals surface area contributed by atoms with Crippen molar-refractivity contribution in [1.82, 2.24) is 9.55 Å². The predicted octanol–water partition coefficient (Wildman–Crippen LogP) is 2.89. The van der Waals surface area contributed by atoms with E-state index < -0.39 is 0 Å². The highest BCUT2D eigenvalue weighted by molar-refractivity contribution is 6.30. The highest BCUT2D eigenvalue weighted by atomic mass is 35.5. The molecule has 1 aromatic heterocycles. The van der Waals surface area contributed by atoms with Crippen LogP contribution in [0.4, 0.5) is 11.5 Å². The van der Waals surface area contributed by atoms with Crippen LogP contribution in [-0.2, 0) is 11.3 Å². The Bertz CT molecular complexity index is 1010. The van der Waals surface area contributed by atoms with Crippen molar-refractivity contribution >= 4 is 29.0 Å². The lowest BCUT2D eigenvalue weighted by molar-refractivity contribution is -0.115. The molecule has 0 bridgehead atoms. The molecule has 0 unspecified atom stereocenters. The first-order chi connectivity index (χ1) is 14.1. The number of amides is 1. The summed E-state index contributed by atoms with van der Waals surface area (Å²) in [5.74, 6) is 0.483. The monoisotopic (exact) mass is 409 g/mol. The van der Waals surface area contributed by atoms with Crippen molar-refractivity contribution in [3.05, 3.63) is 77.2 Å². The number of nitrogens with zero attached hydrogens (tertiary/aromatic N) is 4. The molecule has 1 amide bonds. The second-order valence-corrected chi connectivity index (χ2v) is 6.83. The van der Waals surface area contributed by atoms with Gasteiger partial charge in [-0.25, -0.2) is 4.98 Å². The predicted molar refractivity (Wildman–Crippen MR) is 112 cm³/mol. The van der Waals surface area contributed by atoms with E-state index in [2.05, 4.69) is 16.4 Å². The molecule has 0 saturated heterocycles. The SMILES string of the molecule is N#Cc1ccc(Cn2cncc2N(CCO)CC(=O)Nc2cccc(Cl)c2)cc1. The van der Waals surface area contributed by atoms with E-state index in [0.717, 1.165) is 5.56 Å². The van der Waals surface area contributed by atoms with Gasteiger partial charge in [-0.05, 0) is 35.9 Å². The number of aromatic nitrogens is 2. The summed E-state index contributed by atoms with van der Waals surface area (Å²) in [5.41, 5.74) is 2.20.